The average molecular weight is 531 g/mol. The van der Waals surface area contributed by atoms with Crippen LogP contribution < -0.4 is 4.74 Å². The summed E-state index contributed by atoms with van der Waals surface area (Å²) in [4.78, 5) is 6.58. The molecule has 1 aromatic heterocycles. The van der Waals surface area contributed by atoms with Crippen LogP contribution in [0.3, 0.4) is 0 Å². The van der Waals surface area contributed by atoms with E-state index in [9.17, 15) is 14.6 Å². The lowest BCUT2D eigenvalue weighted by Gasteiger charge is -2.40. The predicted molar refractivity (Wildman–Crippen MR) is 141 cm³/mol. The predicted octanol–water partition coefficient (Wildman–Crippen LogP) is 5.63. The second kappa shape index (κ2) is 11.8. The Bertz CT molecular complexity index is 1280. The summed E-state index contributed by atoms with van der Waals surface area (Å²) in [5.41, 5.74) is 1.70. The molecular formula is C28H29Cl2FN2O3. The summed E-state index contributed by atoms with van der Waals surface area (Å²) in [5.74, 6) is 6.28. The van der Waals surface area contributed by atoms with Crippen molar-refractivity contribution in [1.82, 2.24) is 9.88 Å². The molecule has 2 aromatic carbocycles. The Balaban J connectivity index is 1.37. The molecule has 36 heavy (non-hydrogen) atoms. The molecule has 1 fully saturated rings. The zero-order valence-corrected chi connectivity index (χ0v) is 21.6. The van der Waals surface area contributed by atoms with Crippen LogP contribution in [0.15, 0.2) is 42.6 Å². The lowest BCUT2D eigenvalue weighted by molar-refractivity contribution is 0.0273. The molecule has 1 saturated heterocycles. The summed E-state index contributed by atoms with van der Waals surface area (Å²) in [6, 6.07) is 10.0. The Labute approximate surface area is 220 Å². The molecule has 0 amide bonds. The van der Waals surface area contributed by atoms with Crippen molar-refractivity contribution in [3.8, 4) is 17.6 Å². The van der Waals surface area contributed by atoms with E-state index in [-0.39, 0.29) is 17.0 Å². The number of halogens is 3. The highest BCUT2D eigenvalue weighted by Crippen LogP contribution is 2.40. The topological polar surface area (TPSA) is 65.8 Å². The molecule has 0 aliphatic carbocycles. The first-order valence-electron chi connectivity index (χ1n) is 11.9. The Morgan fingerprint density at radius 1 is 1.17 bits per heavy atom. The van der Waals surface area contributed by atoms with Crippen LogP contribution in [0.4, 0.5) is 4.39 Å². The largest absolute Gasteiger partial charge is 0.497 e. The standard InChI is InChI=1S/C28H29Cl2FN2O3/c1-36-20-5-7-25-21(16-20)27(23(30)17-32-25)26(35)8-9-28(18-34)10-13-33(14-11-28)12-2-3-19-4-6-22(29)24(31)15-19/h4-7,15-17,26,34-35H,8-14,18H2,1H3/t26-/m0/s1. The van der Waals surface area contributed by atoms with Gasteiger partial charge in [-0.3, -0.25) is 9.88 Å². The summed E-state index contributed by atoms with van der Waals surface area (Å²) >= 11 is 12.2. The molecule has 0 bridgehead atoms. The van der Waals surface area contributed by atoms with Crippen molar-refractivity contribution in [3.05, 3.63) is 69.6 Å². The fourth-order valence-corrected chi connectivity index (χ4v) is 5.11. The van der Waals surface area contributed by atoms with E-state index in [1.807, 2.05) is 18.2 Å². The van der Waals surface area contributed by atoms with E-state index in [2.05, 4.69) is 21.7 Å². The van der Waals surface area contributed by atoms with Crippen LogP contribution in [0.1, 0.15) is 42.9 Å². The van der Waals surface area contributed by atoms with Gasteiger partial charge >= 0.3 is 0 Å². The van der Waals surface area contributed by atoms with Gasteiger partial charge in [-0.25, -0.2) is 4.39 Å². The molecule has 2 N–H and O–H groups in total. The second-order valence-electron chi connectivity index (χ2n) is 9.32. The molecule has 5 nitrogen and oxygen atoms in total. The molecular weight excluding hydrogens is 502 g/mol. The van der Waals surface area contributed by atoms with Crippen molar-refractivity contribution in [3.63, 3.8) is 0 Å². The van der Waals surface area contributed by atoms with E-state index in [1.54, 1.807) is 19.4 Å². The molecule has 0 radical (unpaired) electrons. The maximum Gasteiger partial charge on any atom is 0.143 e. The molecule has 1 aliphatic rings. The normalized spacial score (nSPS) is 16.4. The van der Waals surface area contributed by atoms with Crippen LogP contribution in [0.2, 0.25) is 10.0 Å². The van der Waals surface area contributed by atoms with E-state index in [1.165, 1.54) is 12.1 Å². The first-order valence-corrected chi connectivity index (χ1v) is 12.7. The molecule has 4 rings (SSSR count). The Hall–Kier alpha value is -2.40. The maximum absolute atomic E-state index is 13.6. The number of aromatic nitrogens is 1. The van der Waals surface area contributed by atoms with Gasteiger partial charge in [0.1, 0.15) is 11.6 Å². The minimum absolute atomic E-state index is 0.0575. The van der Waals surface area contributed by atoms with Crippen molar-refractivity contribution in [2.45, 2.75) is 31.8 Å². The highest BCUT2D eigenvalue weighted by atomic mass is 35.5. The number of hydrogen-bond acceptors (Lipinski definition) is 5. The van der Waals surface area contributed by atoms with Crippen LogP contribution in [0, 0.1) is 23.1 Å². The van der Waals surface area contributed by atoms with Crippen LogP contribution >= 0.6 is 23.2 Å². The number of ether oxygens (including phenoxy) is 1. The fraction of sp³-hybridized carbons (Fsp3) is 0.393. The van der Waals surface area contributed by atoms with E-state index < -0.39 is 11.9 Å². The van der Waals surface area contributed by atoms with Gasteiger partial charge in [-0.2, -0.15) is 0 Å². The first kappa shape index (κ1) is 26.7. The number of aliphatic hydroxyl groups is 2. The molecule has 190 valence electrons. The van der Waals surface area contributed by atoms with Gasteiger partial charge in [-0.15, -0.1) is 0 Å². The number of hydrogen-bond donors (Lipinski definition) is 2. The zero-order chi connectivity index (χ0) is 25.7. The van der Waals surface area contributed by atoms with Gasteiger partial charge in [0.15, 0.2) is 0 Å². The smallest absolute Gasteiger partial charge is 0.143 e. The number of piperidine rings is 1. The molecule has 1 aliphatic heterocycles. The van der Waals surface area contributed by atoms with Crippen molar-refractivity contribution in [2.75, 3.05) is 33.4 Å². The van der Waals surface area contributed by atoms with Gasteiger partial charge in [-0.1, -0.05) is 35.0 Å². The summed E-state index contributed by atoms with van der Waals surface area (Å²) in [6.45, 7) is 2.20. The van der Waals surface area contributed by atoms with Crippen LogP contribution in [-0.4, -0.2) is 53.4 Å². The number of aliphatic hydroxyl groups excluding tert-OH is 2. The SMILES string of the molecule is COc1ccc2ncc(Cl)c([C@@H](O)CCC3(CO)CCN(CC#Cc4ccc(Cl)c(F)c4)CC3)c2c1. The summed E-state index contributed by atoms with van der Waals surface area (Å²) < 4.78 is 18.9. The molecule has 1 atom stereocenters. The van der Waals surface area contributed by atoms with Crippen LogP contribution in [-0.2, 0) is 0 Å². The molecule has 3 aromatic rings. The third kappa shape index (κ3) is 6.11. The van der Waals surface area contributed by atoms with E-state index in [4.69, 9.17) is 27.9 Å². The minimum atomic E-state index is -0.790. The van der Waals surface area contributed by atoms with Gasteiger partial charge in [0.05, 0.1) is 35.3 Å². The highest BCUT2D eigenvalue weighted by Gasteiger charge is 2.34. The molecule has 2 heterocycles. The van der Waals surface area contributed by atoms with E-state index >= 15 is 0 Å². The van der Waals surface area contributed by atoms with Crippen LogP contribution in [0.5, 0.6) is 5.75 Å². The number of benzene rings is 2. The quantitative estimate of drug-likeness (QED) is 0.387. The van der Waals surface area contributed by atoms with Crippen molar-refractivity contribution in [1.29, 1.82) is 0 Å². The first-order chi connectivity index (χ1) is 17.3. The minimum Gasteiger partial charge on any atom is -0.497 e. The average Bonchev–Trinajstić information content (AvgIpc) is 2.89. The third-order valence-corrected chi connectivity index (χ3v) is 7.66. The monoisotopic (exact) mass is 530 g/mol. The number of fused-ring (bicyclic) bond motifs is 1. The number of pyridine rings is 1. The molecule has 0 saturated carbocycles. The third-order valence-electron chi connectivity index (χ3n) is 7.06. The Morgan fingerprint density at radius 2 is 1.94 bits per heavy atom. The van der Waals surface area contributed by atoms with Crippen LogP contribution in [0.25, 0.3) is 10.9 Å². The van der Waals surface area contributed by atoms with Gasteiger partial charge in [-0.05, 0) is 80.6 Å². The van der Waals surface area contributed by atoms with Gasteiger partial charge < -0.3 is 14.9 Å². The van der Waals surface area contributed by atoms with Crippen molar-refractivity contribution >= 4 is 34.1 Å². The van der Waals surface area contributed by atoms with E-state index in [0.717, 1.165) is 36.8 Å². The molecule has 0 spiro atoms. The Kier molecular flexibility index (Phi) is 8.71. The van der Waals surface area contributed by atoms with Crippen molar-refractivity contribution in [2.24, 2.45) is 5.41 Å². The number of nitrogens with zero attached hydrogens (tertiary/aromatic N) is 2. The van der Waals surface area contributed by atoms with Gasteiger partial charge in [0.2, 0.25) is 0 Å². The maximum atomic E-state index is 13.6. The second-order valence-corrected chi connectivity index (χ2v) is 10.1. The van der Waals surface area contributed by atoms with Gasteiger partial charge in [0, 0.05) is 29.3 Å². The molecule has 8 heteroatoms. The number of rotatable bonds is 7. The summed E-state index contributed by atoms with van der Waals surface area (Å²) in [5, 5.41) is 22.6. The number of likely N-dealkylation sites (tertiary alicyclic amines) is 1. The highest BCUT2D eigenvalue weighted by molar-refractivity contribution is 6.32. The number of methoxy groups -OCH3 is 1. The summed E-state index contributed by atoms with van der Waals surface area (Å²) in [7, 11) is 1.59. The zero-order valence-electron chi connectivity index (χ0n) is 20.1. The van der Waals surface area contributed by atoms with Crippen molar-refractivity contribution < 1.29 is 19.3 Å². The lowest BCUT2D eigenvalue weighted by Crippen LogP contribution is -2.42. The Morgan fingerprint density at radius 3 is 2.64 bits per heavy atom. The summed E-state index contributed by atoms with van der Waals surface area (Å²) in [6.07, 6.45) is 3.51. The van der Waals surface area contributed by atoms with E-state index in [0.29, 0.717) is 41.3 Å². The fourth-order valence-electron chi connectivity index (χ4n) is 4.72. The van der Waals surface area contributed by atoms with Gasteiger partial charge in [0.25, 0.3) is 0 Å². The molecule has 0 unspecified atom stereocenters. The lowest BCUT2D eigenvalue weighted by atomic mass is 9.74.